The first-order valence-electron chi connectivity index (χ1n) is 11.5. The number of hydrogen-bond donors (Lipinski definition) is 1. The minimum absolute atomic E-state index is 0.149. The molecule has 1 N–H and O–H groups in total. The van der Waals surface area contributed by atoms with E-state index in [9.17, 15) is 0 Å². The van der Waals surface area contributed by atoms with Gasteiger partial charge in [-0.3, -0.25) is 14.5 Å². The van der Waals surface area contributed by atoms with Gasteiger partial charge >= 0.3 is 0 Å². The first-order chi connectivity index (χ1) is 16.5. The maximum atomic E-state index is 6.19. The third-order valence-electron chi connectivity index (χ3n) is 6.24. The summed E-state index contributed by atoms with van der Waals surface area (Å²) in [4.78, 5) is 10.8. The quantitative estimate of drug-likeness (QED) is 0.351. The monoisotopic (exact) mass is 490 g/mol. The van der Waals surface area contributed by atoms with Crippen LogP contribution in [0, 0.1) is 20.8 Å². The summed E-state index contributed by atoms with van der Waals surface area (Å²) >= 11 is 7.97. The van der Waals surface area contributed by atoms with Gasteiger partial charge in [0.2, 0.25) is 0 Å². The summed E-state index contributed by atoms with van der Waals surface area (Å²) in [6.45, 7) is 7.93. The molecular weight excluding hydrogens is 464 g/mol. The van der Waals surface area contributed by atoms with Gasteiger partial charge in [0, 0.05) is 40.0 Å². The summed E-state index contributed by atoms with van der Waals surface area (Å²) < 4.78 is 2.19. The van der Waals surface area contributed by atoms with Crippen molar-refractivity contribution in [2.45, 2.75) is 39.7 Å². The Kier molecular flexibility index (Phi) is 6.59. The molecule has 0 bridgehead atoms. The molecule has 0 fully saturated rings. The van der Waals surface area contributed by atoms with Gasteiger partial charge in [-0.25, -0.2) is 0 Å². The van der Waals surface area contributed by atoms with Crippen molar-refractivity contribution in [1.82, 2.24) is 25.1 Å². The molecule has 1 aromatic carbocycles. The Morgan fingerprint density at radius 2 is 1.91 bits per heavy atom. The summed E-state index contributed by atoms with van der Waals surface area (Å²) in [5, 5.41) is 14.4. The van der Waals surface area contributed by atoms with Crippen molar-refractivity contribution in [3.63, 3.8) is 0 Å². The summed E-state index contributed by atoms with van der Waals surface area (Å²) in [6.07, 6.45) is 5.77. The van der Waals surface area contributed by atoms with Crippen LogP contribution >= 0.6 is 22.9 Å². The van der Waals surface area contributed by atoms with E-state index in [1.807, 2.05) is 37.5 Å². The average molecular weight is 491 g/mol. The van der Waals surface area contributed by atoms with Crippen LogP contribution in [0.1, 0.15) is 51.2 Å². The number of benzene rings is 1. The highest BCUT2D eigenvalue weighted by molar-refractivity contribution is 7.15. The zero-order valence-corrected chi connectivity index (χ0v) is 21.1. The molecule has 3 aromatic heterocycles. The third-order valence-corrected chi connectivity index (χ3v) is 7.68. The van der Waals surface area contributed by atoms with E-state index in [0.717, 1.165) is 57.9 Å². The molecular formula is C26H27ClN6S. The zero-order valence-electron chi connectivity index (χ0n) is 19.5. The Hall–Kier alpha value is -2.87. The fourth-order valence-corrected chi connectivity index (χ4v) is 5.67. The number of rotatable bonds is 7. The van der Waals surface area contributed by atoms with Crippen LogP contribution in [0.25, 0.3) is 5.00 Å². The number of aryl methyl sites for hydroxylation is 3. The zero-order chi connectivity index (χ0) is 23.7. The van der Waals surface area contributed by atoms with Gasteiger partial charge in [-0.2, -0.15) is 0 Å². The summed E-state index contributed by atoms with van der Waals surface area (Å²) in [6, 6.07) is 11.9. The predicted molar refractivity (Wildman–Crippen MR) is 139 cm³/mol. The number of pyridine rings is 1. The molecule has 4 aromatic rings. The molecule has 0 saturated carbocycles. The van der Waals surface area contributed by atoms with E-state index in [-0.39, 0.29) is 6.04 Å². The molecule has 174 valence electrons. The molecule has 34 heavy (non-hydrogen) atoms. The smallest absolute Gasteiger partial charge is 0.164 e. The van der Waals surface area contributed by atoms with Crippen LogP contribution in [0.2, 0.25) is 5.02 Å². The van der Waals surface area contributed by atoms with Crippen molar-refractivity contribution in [2.75, 3.05) is 13.1 Å². The molecule has 1 unspecified atom stereocenters. The highest BCUT2D eigenvalue weighted by Gasteiger charge is 2.31. The molecule has 1 aliphatic heterocycles. The molecule has 0 spiro atoms. The van der Waals surface area contributed by atoms with Gasteiger partial charge in [0.1, 0.15) is 16.9 Å². The Balaban J connectivity index is 1.46. The Morgan fingerprint density at radius 1 is 1.09 bits per heavy atom. The van der Waals surface area contributed by atoms with Gasteiger partial charge in [0.15, 0.2) is 5.82 Å². The van der Waals surface area contributed by atoms with Gasteiger partial charge in [0.25, 0.3) is 0 Å². The second kappa shape index (κ2) is 9.78. The molecule has 0 aliphatic carbocycles. The van der Waals surface area contributed by atoms with Crippen molar-refractivity contribution < 1.29 is 0 Å². The predicted octanol–water partition coefficient (Wildman–Crippen LogP) is 5.42. The maximum Gasteiger partial charge on any atom is 0.164 e. The van der Waals surface area contributed by atoms with E-state index < -0.39 is 0 Å². The number of aromatic nitrogens is 4. The molecule has 5 rings (SSSR count). The molecule has 4 heterocycles. The first-order valence-corrected chi connectivity index (χ1v) is 12.7. The van der Waals surface area contributed by atoms with Crippen molar-refractivity contribution in [1.29, 1.82) is 0 Å². The Labute approximate surface area is 208 Å². The van der Waals surface area contributed by atoms with Gasteiger partial charge in [-0.05, 0) is 69.5 Å². The molecule has 0 saturated heterocycles. The number of nitrogens with one attached hydrogen (secondary N) is 1. The van der Waals surface area contributed by atoms with Gasteiger partial charge in [0.05, 0.1) is 5.71 Å². The van der Waals surface area contributed by atoms with Crippen molar-refractivity contribution in [2.24, 2.45) is 4.99 Å². The van der Waals surface area contributed by atoms with Crippen LogP contribution in [0.4, 0.5) is 0 Å². The fraction of sp³-hybridized carbons (Fsp3) is 0.308. The normalized spacial score (nSPS) is 14.9. The number of nitrogens with zero attached hydrogens (tertiary/aromatic N) is 5. The largest absolute Gasteiger partial charge is 0.314 e. The standard InChI is InChI=1S/C26H27ClN6S/c1-16-17(2)34-26-23(16)24(20-8-10-21(27)11-9-20)30-22(25-32-31-18(3)33(25)26)15-29-13-5-7-19-6-4-12-28-14-19/h4,6,8-12,14,22,29H,5,7,13,15H2,1-3H3. The van der Waals surface area contributed by atoms with E-state index in [1.165, 1.54) is 16.0 Å². The van der Waals surface area contributed by atoms with E-state index in [4.69, 9.17) is 16.6 Å². The molecule has 1 atom stereocenters. The average Bonchev–Trinajstić information content (AvgIpc) is 3.31. The maximum absolute atomic E-state index is 6.19. The van der Waals surface area contributed by atoms with Crippen LogP contribution in [-0.4, -0.2) is 38.5 Å². The van der Waals surface area contributed by atoms with Crippen molar-refractivity contribution in [3.8, 4) is 5.00 Å². The van der Waals surface area contributed by atoms with E-state index in [0.29, 0.717) is 6.54 Å². The van der Waals surface area contributed by atoms with Crippen LogP contribution in [0.5, 0.6) is 0 Å². The van der Waals surface area contributed by atoms with Crippen LogP contribution in [-0.2, 0) is 6.42 Å². The van der Waals surface area contributed by atoms with E-state index >= 15 is 0 Å². The lowest BCUT2D eigenvalue weighted by Gasteiger charge is -2.14. The number of hydrogen-bond acceptors (Lipinski definition) is 6. The lowest BCUT2D eigenvalue weighted by molar-refractivity contribution is 0.560. The van der Waals surface area contributed by atoms with Crippen LogP contribution < -0.4 is 5.32 Å². The van der Waals surface area contributed by atoms with Gasteiger partial charge in [-0.15, -0.1) is 21.5 Å². The minimum Gasteiger partial charge on any atom is -0.314 e. The van der Waals surface area contributed by atoms with E-state index in [2.05, 4.69) is 57.1 Å². The number of thiophene rings is 1. The first kappa shape index (κ1) is 22.9. The molecule has 1 aliphatic rings. The minimum atomic E-state index is -0.149. The number of fused-ring (bicyclic) bond motifs is 3. The number of aliphatic imine (C=N–C) groups is 1. The second-order valence-electron chi connectivity index (χ2n) is 8.57. The second-order valence-corrected chi connectivity index (χ2v) is 10.2. The third kappa shape index (κ3) is 4.43. The lowest BCUT2D eigenvalue weighted by atomic mass is 10.00. The van der Waals surface area contributed by atoms with Gasteiger partial charge < -0.3 is 5.32 Å². The highest BCUT2D eigenvalue weighted by Crippen LogP contribution is 2.38. The Bertz CT molecular complexity index is 1320. The molecule has 6 nitrogen and oxygen atoms in total. The topological polar surface area (TPSA) is 68.0 Å². The van der Waals surface area contributed by atoms with Gasteiger partial charge in [-0.1, -0.05) is 29.8 Å². The van der Waals surface area contributed by atoms with Crippen molar-refractivity contribution >= 4 is 28.6 Å². The SMILES string of the molecule is Cc1sc2c(c1C)C(c1ccc(Cl)cc1)=NC(CNCCCc1cccnc1)c1nnc(C)n1-2. The highest BCUT2D eigenvalue weighted by atomic mass is 35.5. The lowest BCUT2D eigenvalue weighted by Crippen LogP contribution is -2.24. The Morgan fingerprint density at radius 3 is 2.68 bits per heavy atom. The van der Waals surface area contributed by atoms with Crippen LogP contribution in [0.15, 0.2) is 53.8 Å². The summed E-state index contributed by atoms with van der Waals surface area (Å²) in [5.41, 5.74) is 5.71. The van der Waals surface area contributed by atoms with Crippen LogP contribution in [0.3, 0.4) is 0 Å². The van der Waals surface area contributed by atoms with Crippen molar-refractivity contribution in [3.05, 3.63) is 92.6 Å². The number of halogens is 1. The van der Waals surface area contributed by atoms with E-state index in [1.54, 1.807) is 11.3 Å². The molecule has 0 radical (unpaired) electrons. The summed E-state index contributed by atoms with van der Waals surface area (Å²) in [5.74, 6) is 1.76. The molecule has 0 amide bonds. The molecule has 8 heteroatoms. The fourth-order valence-electron chi connectivity index (χ4n) is 4.33. The summed E-state index contributed by atoms with van der Waals surface area (Å²) in [7, 11) is 0.